The van der Waals surface area contributed by atoms with E-state index in [0.717, 1.165) is 32.6 Å². The molecule has 0 rings (SSSR count). The molecule has 0 aromatic carbocycles. The van der Waals surface area contributed by atoms with Crippen LogP contribution in [0.25, 0.3) is 0 Å². The van der Waals surface area contributed by atoms with Gasteiger partial charge in [0.1, 0.15) is 0 Å². The Hall–Kier alpha value is -1.75. The highest BCUT2D eigenvalue weighted by Gasteiger charge is 2.13. The molecule has 10 nitrogen and oxygen atoms in total. The SMILES string of the molecule is CCCN(CCC(=O)O)CCN(CC)CCN(CCNCC(=O)O)CC(=O)O. The second-order valence-electron chi connectivity index (χ2n) is 6.66. The minimum absolute atomic E-state index is 0.0904. The number of carbonyl (C=O) groups is 3. The number of nitrogens with one attached hydrogen (secondary N) is 1. The van der Waals surface area contributed by atoms with E-state index in [1.165, 1.54) is 0 Å². The molecule has 0 aromatic rings. The Morgan fingerprint density at radius 3 is 1.82 bits per heavy atom. The molecule has 0 aromatic heterocycles. The van der Waals surface area contributed by atoms with Crippen LogP contribution in [-0.2, 0) is 14.4 Å². The molecule has 0 unspecified atom stereocenters. The van der Waals surface area contributed by atoms with Crippen molar-refractivity contribution in [3.63, 3.8) is 0 Å². The van der Waals surface area contributed by atoms with Crippen LogP contribution in [0.2, 0.25) is 0 Å². The van der Waals surface area contributed by atoms with Crippen LogP contribution in [0, 0.1) is 0 Å². The fraction of sp³-hybridized carbons (Fsp3) is 0.833. The van der Waals surface area contributed by atoms with Gasteiger partial charge in [0, 0.05) is 45.8 Å². The molecule has 0 aliphatic rings. The standard InChI is InChI=1S/C18H36N4O6/c1-3-7-21(8-5-16(23)24)12-10-20(4-2)11-13-22(15-18(27)28)9-6-19-14-17(25)26/h19H,3-15H2,1-2H3,(H,23,24)(H,25,26)(H,27,28). The van der Waals surface area contributed by atoms with Crippen molar-refractivity contribution in [2.24, 2.45) is 0 Å². The van der Waals surface area contributed by atoms with Crippen LogP contribution in [0.1, 0.15) is 26.7 Å². The van der Waals surface area contributed by atoms with Crippen LogP contribution in [0.3, 0.4) is 0 Å². The Morgan fingerprint density at radius 1 is 0.714 bits per heavy atom. The average Bonchev–Trinajstić information content (AvgIpc) is 2.61. The zero-order valence-electron chi connectivity index (χ0n) is 17.1. The molecule has 0 heterocycles. The fourth-order valence-electron chi connectivity index (χ4n) is 2.79. The molecule has 0 saturated carbocycles. The first kappa shape index (κ1) is 26.2. The molecule has 0 atom stereocenters. The van der Waals surface area contributed by atoms with Gasteiger partial charge in [0.05, 0.1) is 19.5 Å². The van der Waals surface area contributed by atoms with E-state index in [2.05, 4.69) is 22.0 Å². The van der Waals surface area contributed by atoms with Crippen LogP contribution >= 0.6 is 0 Å². The van der Waals surface area contributed by atoms with Crippen LogP contribution in [0.15, 0.2) is 0 Å². The largest absolute Gasteiger partial charge is 0.481 e. The predicted molar refractivity (Wildman–Crippen MR) is 106 cm³/mol. The summed E-state index contributed by atoms with van der Waals surface area (Å²) in [6.07, 6.45) is 1.09. The van der Waals surface area contributed by atoms with E-state index in [1.54, 1.807) is 4.90 Å². The van der Waals surface area contributed by atoms with Crippen LogP contribution < -0.4 is 5.32 Å². The molecule has 0 aliphatic carbocycles. The molecule has 0 amide bonds. The van der Waals surface area contributed by atoms with Gasteiger partial charge in [0.2, 0.25) is 0 Å². The molecule has 0 spiro atoms. The first-order valence-electron chi connectivity index (χ1n) is 9.81. The van der Waals surface area contributed by atoms with Crippen molar-refractivity contribution >= 4 is 17.9 Å². The maximum atomic E-state index is 11.1. The highest BCUT2D eigenvalue weighted by atomic mass is 16.4. The van der Waals surface area contributed by atoms with Crippen molar-refractivity contribution in [2.45, 2.75) is 26.7 Å². The molecule has 164 valence electrons. The van der Waals surface area contributed by atoms with Crippen molar-refractivity contribution < 1.29 is 29.7 Å². The normalized spacial score (nSPS) is 11.5. The van der Waals surface area contributed by atoms with E-state index >= 15 is 0 Å². The summed E-state index contributed by atoms with van der Waals surface area (Å²) < 4.78 is 0. The number of rotatable bonds is 19. The van der Waals surface area contributed by atoms with Gasteiger partial charge in [-0.25, -0.2) is 0 Å². The number of hydrogen-bond donors (Lipinski definition) is 4. The molecule has 10 heteroatoms. The van der Waals surface area contributed by atoms with E-state index in [9.17, 15) is 14.4 Å². The summed E-state index contributed by atoms with van der Waals surface area (Å²) >= 11 is 0. The molecular formula is C18H36N4O6. The summed E-state index contributed by atoms with van der Waals surface area (Å²) in [5, 5.41) is 29.3. The first-order chi connectivity index (χ1) is 13.3. The summed E-state index contributed by atoms with van der Waals surface area (Å²) in [5.74, 6) is -2.65. The van der Waals surface area contributed by atoms with Crippen LogP contribution in [0.5, 0.6) is 0 Å². The third-order valence-corrected chi connectivity index (χ3v) is 4.33. The van der Waals surface area contributed by atoms with Gasteiger partial charge in [-0.3, -0.25) is 19.3 Å². The topological polar surface area (TPSA) is 134 Å². The molecule has 0 fully saturated rings. The summed E-state index contributed by atoms with van der Waals surface area (Å²) in [5.41, 5.74) is 0. The molecule has 0 radical (unpaired) electrons. The van der Waals surface area contributed by atoms with Gasteiger partial charge in [-0.15, -0.1) is 0 Å². The summed E-state index contributed by atoms with van der Waals surface area (Å²) in [4.78, 5) is 38.5. The Bertz CT molecular complexity index is 463. The lowest BCUT2D eigenvalue weighted by Gasteiger charge is -2.28. The van der Waals surface area contributed by atoms with E-state index in [-0.39, 0.29) is 19.5 Å². The van der Waals surface area contributed by atoms with Gasteiger partial charge in [0.25, 0.3) is 0 Å². The van der Waals surface area contributed by atoms with Crippen molar-refractivity contribution in [1.82, 2.24) is 20.0 Å². The second-order valence-corrected chi connectivity index (χ2v) is 6.66. The lowest BCUT2D eigenvalue weighted by molar-refractivity contribution is -0.139. The fourth-order valence-corrected chi connectivity index (χ4v) is 2.79. The average molecular weight is 405 g/mol. The third-order valence-electron chi connectivity index (χ3n) is 4.33. The molecular weight excluding hydrogens is 368 g/mol. The zero-order chi connectivity index (χ0) is 21.4. The monoisotopic (exact) mass is 404 g/mol. The van der Waals surface area contributed by atoms with Crippen molar-refractivity contribution in [1.29, 1.82) is 0 Å². The molecule has 0 bridgehead atoms. The molecule has 0 saturated heterocycles. The first-order valence-corrected chi connectivity index (χ1v) is 9.81. The van der Waals surface area contributed by atoms with Gasteiger partial charge < -0.3 is 30.4 Å². The maximum absolute atomic E-state index is 11.1. The van der Waals surface area contributed by atoms with Crippen molar-refractivity contribution in [2.75, 3.05) is 72.0 Å². The van der Waals surface area contributed by atoms with Crippen molar-refractivity contribution in [3.8, 4) is 0 Å². The van der Waals surface area contributed by atoms with Crippen LogP contribution in [-0.4, -0.2) is 120 Å². The van der Waals surface area contributed by atoms with E-state index in [1.807, 2.05) is 6.92 Å². The second kappa shape index (κ2) is 16.2. The van der Waals surface area contributed by atoms with E-state index in [0.29, 0.717) is 32.7 Å². The van der Waals surface area contributed by atoms with Crippen molar-refractivity contribution in [3.05, 3.63) is 0 Å². The van der Waals surface area contributed by atoms with E-state index in [4.69, 9.17) is 15.3 Å². The summed E-state index contributed by atoms with van der Waals surface area (Å²) in [6, 6.07) is 0. The Kier molecular flexibility index (Phi) is 15.2. The third kappa shape index (κ3) is 15.3. The van der Waals surface area contributed by atoms with E-state index < -0.39 is 17.9 Å². The van der Waals surface area contributed by atoms with Gasteiger partial charge in [-0.2, -0.15) is 0 Å². The highest BCUT2D eigenvalue weighted by molar-refractivity contribution is 5.69. The van der Waals surface area contributed by atoms with Gasteiger partial charge >= 0.3 is 17.9 Å². The van der Waals surface area contributed by atoms with Gasteiger partial charge in [-0.1, -0.05) is 13.8 Å². The number of aliphatic carboxylic acids is 3. The zero-order valence-corrected chi connectivity index (χ0v) is 17.1. The van der Waals surface area contributed by atoms with Gasteiger partial charge in [0.15, 0.2) is 0 Å². The minimum atomic E-state index is -0.943. The predicted octanol–water partition coefficient (Wildman–Crippen LogP) is -0.444. The van der Waals surface area contributed by atoms with Crippen LogP contribution in [0.4, 0.5) is 0 Å². The number of hydrogen-bond acceptors (Lipinski definition) is 7. The molecule has 4 N–H and O–H groups in total. The highest BCUT2D eigenvalue weighted by Crippen LogP contribution is 1.98. The Labute approximate surface area is 167 Å². The quantitative estimate of drug-likeness (QED) is 0.210. The number of carboxylic acids is 3. The smallest absolute Gasteiger partial charge is 0.317 e. The molecule has 0 aliphatic heterocycles. The molecule has 28 heavy (non-hydrogen) atoms. The Balaban J connectivity index is 4.41. The Morgan fingerprint density at radius 2 is 1.32 bits per heavy atom. The maximum Gasteiger partial charge on any atom is 0.317 e. The summed E-state index contributed by atoms with van der Waals surface area (Å²) in [7, 11) is 0. The van der Waals surface area contributed by atoms with Gasteiger partial charge in [-0.05, 0) is 19.5 Å². The number of nitrogens with zero attached hydrogens (tertiary/aromatic N) is 3. The number of carboxylic acid groups (broad SMARTS) is 3. The minimum Gasteiger partial charge on any atom is -0.481 e. The lowest BCUT2D eigenvalue weighted by atomic mass is 10.3. The number of likely N-dealkylation sites (N-methyl/N-ethyl adjacent to an activating group) is 1. The summed E-state index contributed by atoms with van der Waals surface area (Å²) in [6.45, 7) is 9.75. The lowest BCUT2D eigenvalue weighted by Crippen LogP contribution is -2.43.